The van der Waals surface area contributed by atoms with Gasteiger partial charge in [-0.1, -0.05) is 5.28 Å². The van der Waals surface area contributed by atoms with Gasteiger partial charge in [0.05, 0.1) is 7.11 Å². The third kappa shape index (κ3) is 3.28. The van der Waals surface area contributed by atoms with E-state index in [2.05, 4.69) is 26.0 Å². The minimum atomic E-state index is -3.81. The van der Waals surface area contributed by atoms with Crippen molar-refractivity contribution in [2.45, 2.75) is 5.50 Å². The summed E-state index contributed by atoms with van der Waals surface area (Å²) in [5, 5.41) is 12.0. The first-order chi connectivity index (χ1) is 6.97. The number of hydrogen-bond donors (Lipinski definition) is 4. The Hall–Kier alpha value is -0.950. The summed E-state index contributed by atoms with van der Waals surface area (Å²) in [5.74, 6) is 0. The average Bonchev–Trinajstić information content (AvgIpc) is 2.61. The van der Waals surface area contributed by atoms with E-state index in [4.69, 9.17) is 10.7 Å². The number of thioether (sulfide) groups is 1. The zero-order valence-electron chi connectivity index (χ0n) is 7.54. The van der Waals surface area contributed by atoms with Gasteiger partial charge >= 0.3 is 0 Å². The number of hydrazine groups is 1. The molecular formula is C3H9N7O3S2. The molecule has 1 unspecified atom stereocenters. The fourth-order valence-corrected chi connectivity index (χ4v) is 2.23. The highest BCUT2D eigenvalue weighted by atomic mass is 32.3. The lowest BCUT2D eigenvalue weighted by molar-refractivity contribution is -0.183. The van der Waals surface area contributed by atoms with Crippen molar-refractivity contribution in [1.82, 2.24) is 16.1 Å². The van der Waals surface area contributed by atoms with E-state index in [1.807, 2.05) is 0 Å². The Morgan fingerprint density at radius 3 is 2.93 bits per heavy atom. The van der Waals surface area contributed by atoms with Crippen molar-refractivity contribution in [2.75, 3.05) is 7.11 Å². The molecule has 86 valence electrons. The van der Waals surface area contributed by atoms with Gasteiger partial charge in [0.1, 0.15) is 0 Å². The van der Waals surface area contributed by atoms with Crippen LogP contribution in [-0.4, -0.2) is 30.7 Å². The van der Waals surface area contributed by atoms with E-state index in [0.29, 0.717) is 0 Å². The van der Waals surface area contributed by atoms with Crippen molar-refractivity contribution in [3.05, 3.63) is 0 Å². The highest BCUT2D eigenvalue weighted by molar-refractivity contribution is 8.35. The second-order valence-electron chi connectivity index (χ2n) is 2.23. The monoisotopic (exact) mass is 255 g/mol. The molecule has 1 aliphatic heterocycles. The molecule has 1 aliphatic rings. The van der Waals surface area contributed by atoms with Gasteiger partial charge in [0.2, 0.25) is 4.38 Å². The van der Waals surface area contributed by atoms with Crippen LogP contribution in [0.2, 0.25) is 0 Å². The molecule has 0 saturated carbocycles. The lowest BCUT2D eigenvalue weighted by Gasteiger charge is -2.17. The van der Waals surface area contributed by atoms with E-state index in [1.165, 1.54) is 7.11 Å². The van der Waals surface area contributed by atoms with Crippen LogP contribution < -0.4 is 16.0 Å². The van der Waals surface area contributed by atoms with Gasteiger partial charge in [0, 0.05) is 0 Å². The lowest BCUT2D eigenvalue weighted by atomic mass is 11.1. The molecule has 15 heavy (non-hydrogen) atoms. The van der Waals surface area contributed by atoms with Crippen molar-refractivity contribution in [2.24, 2.45) is 15.5 Å². The fraction of sp³-hybridized carbons (Fsp3) is 0.667. The molecule has 0 aliphatic carbocycles. The van der Waals surface area contributed by atoms with Gasteiger partial charge in [-0.05, 0) is 17.0 Å². The zero-order chi connectivity index (χ0) is 11.5. The topological polar surface area (TPSA) is 145 Å². The maximum absolute atomic E-state index is 10.9. The van der Waals surface area contributed by atoms with Gasteiger partial charge < -0.3 is 0 Å². The lowest BCUT2D eigenvalue weighted by Crippen LogP contribution is -2.43. The summed E-state index contributed by atoms with van der Waals surface area (Å²) in [5.41, 5.74) is 10.9. The van der Waals surface area contributed by atoms with Crippen molar-refractivity contribution in [3.63, 3.8) is 0 Å². The van der Waals surface area contributed by atoms with E-state index in [-0.39, 0.29) is 4.38 Å². The Kier molecular flexibility index (Phi) is 3.81. The van der Waals surface area contributed by atoms with Crippen molar-refractivity contribution in [1.29, 1.82) is 5.53 Å². The normalized spacial score (nSPS) is 20.7. The first kappa shape index (κ1) is 12.1. The molecule has 0 saturated heterocycles. The summed E-state index contributed by atoms with van der Waals surface area (Å²) >= 11 is 0.826. The minimum absolute atomic E-state index is 0.249. The Balaban J connectivity index is 2.51. The maximum atomic E-state index is 10.9. The smallest absolute Gasteiger partial charge is 0.263 e. The van der Waals surface area contributed by atoms with E-state index >= 15 is 0 Å². The van der Waals surface area contributed by atoms with Gasteiger partial charge in [-0.15, -0.1) is 0 Å². The van der Waals surface area contributed by atoms with E-state index in [0.717, 1.165) is 17.0 Å². The van der Waals surface area contributed by atoms with Crippen LogP contribution in [-0.2, 0) is 14.9 Å². The number of rotatable bonds is 4. The zero-order valence-corrected chi connectivity index (χ0v) is 9.17. The summed E-state index contributed by atoms with van der Waals surface area (Å²) < 4.78 is 21.5. The quantitative estimate of drug-likeness (QED) is 0.352. The number of hydrogen-bond acceptors (Lipinski definition) is 9. The fourth-order valence-electron chi connectivity index (χ4n) is 0.673. The molecule has 0 spiro atoms. The number of nitrogens with one attached hydrogen (secondary N) is 3. The Bertz CT molecular complexity index is 366. The van der Waals surface area contributed by atoms with E-state index in [1.54, 1.807) is 0 Å². The summed E-state index contributed by atoms with van der Waals surface area (Å²) in [6.45, 7) is 0. The predicted octanol–water partition coefficient (Wildman–Crippen LogP) is -1.52. The molecule has 0 fully saturated rings. The highest BCUT2D eigenvalue weighted by Gasteiger charge is 2.27. The Labute approximate surface area is 89.7 Å². The highest BCUT2D eigenvalue weighted by Crippen LogP contribution is 2.17. The molecule has 0 aromatic heterocycles. The summed E-state index contributed by atoms with van der Waals surface area (Å²) in [4.78, 5) is 4.57. The summed E-state index contributed by atoms with van der Waals surface area (Å²) in [6.07, 6.45) is 0. The molecule has 0 aromatic carbocycles. The maximum Gasteiger partial charge on any atom is 0.263 e. The molecule has 0 radical (unpaired) electrons. The molecule has 5 N–H and O–H groups in total. The van der Waals surface area contributed by atoms with Crippen molar-refractivity contribution in [3.8, 4) is 0 Å². The molecular weight excluding hydrogens is 246 g/mol. The number of nitrogens with two attached hydrogens (primary N) is 1. The van der Waals surface area contributed by atoms with Crippen molar-refractivity contribution < 1.29 is 13.3 Å². The predicted molar refractivity (Wildman–Crippen MR) is 52.2 cm³/mol. The van der Waals surface area contributed by atoms with Crippen LogP contribution in [0.4, 0.5) is 0 Å². The van der Waals surface area contributed by atoms with Gasteiger partial charge in [0.15, 0.2) is 5.50 Å². The summed E-state index contributed by atoms with van der Waals surface area (Å²) in [7, 11) is -2.53. The Morgan fingerprint density at radius 2 is 2.53 bits per heavy atom. The third-order valence-corrected chi connectivity index (χ3v) is 3.53. The standard InChI is InChI=1S/C3H9N7O3S2/c1-13-10(9-4)8-2-6-7-3(14-2)15(5,11)12/h2,4,6,8H,1H3,(H2,5,11,12). The molecule has 10 nitrogen and oxygen atoms in total. The van der Waals surface area contributed by atoms with Gasteiger partial charge in [-0.3, -0.25) is 5.43 Å². The van der Waals surface area contributed by atoms with E-state index < -0.39 is 15.5 Å². The van der Waals surface area contributed by atoms with Gasteiger partial charge in [-0.2, -0.15) is 16.1 Å². The molecule has 1 heterocycles. The Morgan fingerprint density at radius 1 is 1.87 bits per heavy atom. The largest absolute Gasteiger partial charge is 0.279 e. The average molecular weight is 255 g/mol. The minimum Gasteiger partial charge on any atom is -0.279 e. The number of sulfonamides is 1. The second-order valence-corrected chi connectivity index (χ2v) is 5.06. The van der Waals surface area contributed by atoms with Crippen LogP contribution >= 0.6 is 11.8 Å². The summed E-state index contributed by atoms with van der Waals surface area (Å²) in [6, 6.07) is 0. The third-order valence-electron chi connectivity index (χ3n) is 1.23. The first-order valence-corrected chi connectivity index (χ1v) is 5.90. The molecule has 1 atom stereocenters. The number of primary sulfonamides is 1. The van der Waals surface area contributed by atoms with Gasteiger partial charge in [0.25, 0.3) is 10.0 Å². The van der Waals surface area contributed by atoms with Crippen LogP contribution in [0.25, 0.3) is 0 Å². The van der Waals surface area contributed by atoms with Gasteiger partial charge in [-0.25, -0.2) is 18.4 Å². The number of hydrazone groups is 1. The molecule has 0 bridgehead atoms. The molecule has 1 rings (SSSR count). The van der Waals surface area contributed by atoms with Crippen LogP contribution in [0.15, 0.2) is 10.3 Å². The first-order valence-electron chi connectivity index (χ1n) is 3.48. The molecule has 0 amide bonds. The SMILES string of the molecule is CON(N=N)NC1NN=C(S(N)(=O)=O)S1. The van der Waals surface area contributed by atoms with Crippen LogP contribution in [0, 0.1) is 5.53 Å². The van der Waals surface area contributed by atoms with Crippen molar-refractivity contribution >= 4 is 26.2 Å². The molecule has 12 heteroatoms. The van der Waals surface area contributed by atoms with Crippen LogP contribution in [0.5, 0.6) is 0 Å². The van der Waals surface area contributed by atoms with Crippen LogP contribution in [0.1, 0.15) is 0 Å². The molecule has 0 aromatic rings. The second kappa shape index (κ2) is 4.71. The van der Waals surface area contributed by atoms with Crippen LogP contribution in [0.3, 0.4) is 0 Å². The number of nitrogens with zero attached hydrogens (tertiary/aromatic N) is 3. The van der Waals surface area contributed by atoms with E-state index in [9.17, 15) is 8.42 Å².